The Labute approximate surface area is 209 Å². The van der Waals surface area contributed by atoms with Crippen molar-refractivity contribution in [3.05, 3.63) is 47.9 Å². The van der Waals surface area contributed by atoms with Crippen molar-refractivity contribution in [2.24, 2.45) is 5.10 Å². The Morgan fingerprint density at radius 1 is 1.03 bits per heavy atom. The second-order valence-electron chi connectivity index (χ2n) is 8.52. The molecule has 0 saturated carbocycles. The number of carbonyl (C=O) groups excluding carboxylic acids is 1. The maximum atomic E-state index is 12.3. The van der Waals surface area contributed by atoms with Gasteiger partial charge in [0.1, 0.15) is 0 Å². The van der Waals surface area contributed by atoms with Crippen LogP contribution in [-0.4, -0.2) is 59.9 Å². The number of carbonyl (C=O) groups is 1. The number of aromatic nitrogens is 3. The van der Waals surface area contributed by atoms with E-state index in [1.165, 1.54) is 6.26 Å². The fourth-order valence-electron chi connectivity index (χ4n) is 4.19. The fraction of sp³-hybridized carbons (Fsp3) is 0.400. The summed E-state index contributed by atoms with van der Waals surface area (Å²) in [7, 11) is 0. The van der Waals surface area contributed by atoms with Crippen LogP contribution in [0.25, 0.3) is 0 Å². The minimum absolute atomic E-state index is 0.117. The maximum Gasteiger partial charge on any atom is 0.379 e. The van der Waals surface area contributed by atoms with Gasteiger partial charge in [0.05, 0.1) is 19.1 Å². The molecule has 188 valence electrons. The van der Waals surface area contributed by atoms with Gasteiger partial charge in [-0.25, -0.2) is 10.2 Å². The molecule has 3 aromatic rings. The Morgan fingerprint density at radius 2 is 1.72 bits per heavy atom. The highest BCUT2D eigenvalue weighted by atomic mass is 16.6. The molecule has 2 aliphatic rings. The Morgan fingerprint density at radius 3 is 2.33 bits per heavy atom. The van der Waals surface area contributed by atoms with Crippen LogP contribution in [0.5, 0.6) is 11.5 Å². The molecule has 0 unspecified atom stereocenters. The number of nitrogens with zero attached hydrogens (tertiary/aromatic N) is 6. The number of ether oxygens (including phenoxy) is 2. The van der Waals surface area contributed by atoms with Crippen LogP contribution in [0.4, 0.5) is 17.8 Å². The van der Waals surface area contributed by atoms with Gasteiger partial charge in [-0.1, -0.05) is 0 Å². The van der Waals surface area contributed by atoms with E-state index < -0.39 is 5.97 Å². The molecule has 0 amide bonds. The molecular weight excluding hydrogens is 462 g/mol. The van der Waals surface area contributed by atoms with Crippen LogP contribution < -0.4 is 24.7 Å². The standard InChI is InChI=1S/C25H29N7O4/c1-2-34-21-16-18(9-10-19(21)36-22(33)20-8-7-15-35-20)17-26-30-23-27-24(31-11-3-4-12-31)29-25(28-23)32-13-5-6-14-32/h7-10,15-17H,2-6,11-14H2,1H3,(H,27,28,29,30)/b26-17+. The lowest BCUT2D eigenvalue weighted by Gasteiger charge is -2.20. The smallest absolute Gasteiger partial charge is 0.379 e. The molecule has 0 bridgehead atoms. The highest BCUT2D eigenvalue weighted by Crippen LogP contribution is 2.29. The summed E-state index contributed by atoms with van der Waals surface area (Å²) in [6.07, 6.45) is 7.61. The van der Waals surface area contributed by atoms with Gasteiger partial charge in [-0.05, 0) is 68.5 Å². The van der Waals surface area contributed by atoms with Gasteiger partial charge in [0.15, 0.2) is 11.5 Å². The summed E-state index contributed by atoms with van der Waals surface area (Å²) in [4.78, 5) is 30.5. The highest BCUT2D eigenvalue weighted by Gasteiger charge is 2.21. The summed E-state index contributed by atoms with van der Waals surface area (Å²) >= 11 is 0. The number of furan rings is 1. The van der Waals surface area contributed by atoms with Crippen LogP contribution in [0.3, 0.4) is 0 Å². The summed E-state index contributed by atoms with van der Waals surface area (Å²) < 4.78 is 16.2. The average molecular weight is 492 g/mol. The number of hydrogen-bond acceptors (Lipinski definition) is 11. The van der Waals surface area contributed by atoms with Gasteiger partial charge < -0.3 is 23.7 Å². The summed E-state index contributed by atoms with van der Waals surface area (Å²) in [5.41, 5.74) is 3.70. The maximum absolute atomic E-state index is 12.3. The van der Waals surface area contributed by atoms with Crippen LogP contribution in [0, 0.1) is 0 Å². The van der Waals surface area contributed by atoms with Crippen molar-refractivity contribution in [3.63, 3.8) is 0 Å². The number of hydrogen-bond donors (Lipinski definition) is 1. The predicted molar refractivity (Wildman–Crippen MR) is 135 cm³/mol. The molecule has 0 radical (unpaired) electrons. The molecule has 5 rings (SSSR count). The molecule has 0 spiro atoms. The normalized spacial score (nSPS) is 15.6. The van der Waals surface area contributed by atoms with Gasteiger partial charge in [-0.2, -0.15) is 20.1 Å². The van der Waals surface area contributed by atoms with E-state index >= 15 is 0 Å². The highest BCUT2D eigenvalue weighted by molar-refractivity contribution is 5.89. The molecule has 11 heteroatoms. The van der Waals surface area contributed by atoms with Crippen LogP contribution >= 0.6 is 0 Å². The van der Waals surface area contributed by atoms with E-state index in [4.69, 9.17) is 18.9 Å². The van der Waals surface area contributed by atoms with Crippen molar-refractivity contribution in [2.75, 3.05) is 48.0 Å². The first-order chi connectivity index (χ1) is 17.7. The van der Waals surface area contributed by atoms with Crippen molar-refractivity contribution >= 4 is 30.0 Å². The van der Waals surface area contributed by atoms with Crippen LogP contribution in [0.1, 0.15) is 48.7 Å². The number of esters is 1. The third-order valence-electron chi connectivity index (χ3n) is 5.96. The molecule has 4 heterocycles. The molecule has 36 heavy (non-hydrogen) atoms. The summed E-state index contributed by atoms with van der Waals surface area (Å²) in [6, 6.07) is 8.35. The molecule has 1 aromatic carbocycles. The van der Waals surface area contributed by atoms with Gasteiger partial charge in [0, 0.05) is 26.2 Å². The van der Waals surface area contributed by atoms with E-state index in [-0.39, 0.29) is 5.76 Å². The van der Waals surface area contributed by atoms with E-state index in [2.05, 4.69) is 30.3 Å². The Bertz CT molecular complexity index is 1170. The van der Waals surface area contributed by atoms with E-state index in [1.54, 1.807) is 36.5 Å². The minimum Gasteiger partial charge on any atom is -0.490 e. The molecule has 11 nitrogen and oxygen atoms in total. The second-order valence-corrected chi connectivity index (χ2v) is 8.52. The predicted octanol–water partition coefficient (Wildman–Crippen LogP) is 3.73. The second kappa shape index (κ2) is 11.1. The number of rotatable bonds is 9. The zero-order chi connectivity index (χ0) is 24.7. The largest absolute Gasteiger partial charge is 0.490 e. The fourth-order valence-corrected chi connectivity index (χ4v) is 4.19. The van der Waals surface area contributed by atoms with Gasteiger partial charge in [0.25, 0.3) is 0 Å². The molecular formula is C25H29N7O4. The molecule has 2 aromatic heterocycles. The number of anilines is 3. The van der Waals surface area contributed by atoms with Crippen molar-refractivity contribution in [3.8, 4) is 11.5 Å². The topological polar surface area (TPSA) is 118 Å². The Kier molecular flexibility index (Phi) is 7.25. The summed E-state index contributed by atoms with van der Waals surface area (Å²) in [5.74, 6) is 2.01. The van der Waals surface area contributed by atoms with Crippen LogP contribution in [-0.2, 0) is 0 Å². The minimum atomic E-state index is -0.596. The van der Waals surface area contributed by atoms with E-state index in [9.17, 15) is 4.79 Å². The quantitative estimate of drug-likeness (QED) is 0.205. The zero-order valence-electron chi connectivity index (χ0n) is 20.2. The first kappa shape index (κ1) is 23.6. The third-order valence-corrected chi connectivity index (χ3v) is 5.96. The molecule has 2 fully saturated rings. The molecule has 0 atom stereocenters. The summed E-state index contributed by atoms with van der Waals surface area (Å²) in [5, 5.41) is 4.34. The zero-order valence-corrected chi connectivity index (χ0v) is 20.2. The third kappa shape index (κ3) is 5.56. The van der Waals surface area contributed by atoms with Crippen molar-refractivity contribution in [1.29, 1.82) is 0 Å². The lowest BCUT2D eigenvalue weighted by molar-refractivity contribution is 0.0695. The SMILES string of the molecule is CCOc1cc(/C=N/Nc2nc(N3CCCC3)nc(N3CCCC3)n2)ccc1OC(=O)c1ccco1. The first-order valence-electron chi connectivity index (χ1n) is 12.3. The van der Waals surface area contributed by atoms with Crippen LogP contribution in [0.2, 0.25) is 0 Å². The van der Waals surface area contributed by atoms with Gasteiger partial charge >= 0.3 is 5.97 Å². The Hall–Kier alpha value is -4.15. The van der Waals surface area contributed by atoms with E-state index in [1.807, 2.05) is 6.92 Å². The monoisotopic (exact) mass is 491 g/mol. The number of benzene rings is 1. The lowest BCUT2D eigenvalue weighted by atomic mass is 10.2. The first-order valence-corrected chi connectivity index (χ1v) is 12.3. The van der Waals surface area contributed by atoms with Crippen molar-refractivity contribution < 1.29 is 18.7 Å². The van der Waals surface area contributed by atoms with Gasteiger partial charge in [-0.15, -0.1) is 0 Å². The van der Waals surface area contributed by atoms with E-state index in [0.29, 0.717) is 36.0 Å². The molecule has 1 N–H and O–H groups in total. The van der Waals surface area contributed by atoms with Crippen molar-refractivity contribution in [1.82, 2.24) is 15.0 Å². The molecule has 2 saturated heterocycles. The molecule has 0 aliphatic carbocycles. The molecule has 2 aliphatic heterocycles. The number of nitrogens with one attached hydrogen (secondary N) is 1. The van der Waals surface area contributed by atoms with E-state index in [0.717, 1.165) is 57.4 Å². The van der Waals surface area contributed by atoms with Crippen LogP contribution in [0.15, 0.2) is 46.1 Å². The average Bonchev–Trinajstić information content (AvgIpc) is 3.69. The lowest BCUT2D eigenvalue weighted by Crippen LogP contribution is -2.25. The van der Waals surface area contributed by atoms with Gasteiger partial charge in [0.2, 0.25) is 23.6 Å². The van der Waals surface area contributed by atoms with Gasteiger partial charge in [-0.3, -0.25) is 0 Å². The number of hydrazone groups is 1. The Balaban J connectivity index is 1.31. The summed E-state index contributed by atoms with van der Waals surface area (Å²) in [6.45, 7) is 6.06. The van der Waals surface area contributed by atoms with Crippen molar-refractivity contribution in [2.45, 2.75) is 32.6 Å².